The SMILES string of the molecule is CCc1nc2n(n1)CCCC2NC(=O)C(N)C(C)CC. The molecule has 2 rings (SSSR count). The molecule has 1 aliphatic rings. The van der Waals surface area contributed by atoms with Crippen LogP contribution in [0.15, 0.2) is 0 Å². The van der Waals surface area contributed by atoms with Gasteiger partial charge in [0.05, 0.1) is 12.1 Å². The van der Waals surface area contributed by atoms with Crippen LogP contribution in [0, 0.1) is 5.92 Å². The molecule has 0 spiro atoms. The third kappa shape index (κ3) is 3.00. The van der Waals surface area contributed by atoms with Crippen LogP contribution >= 0.6 is 0 Å². The Hall–Kier alpha value is -1.43. The predicted molar refractivity (Wildman–Crippen MR) is 76.9 cm³/mol. The van der Waals surface area contributed by atoms with Gasteiger partial charge in [0.15, 0.2) is 5.82 Å². The molecule has 0 saturated carbocycles. The summed E-state index contributed by atoms with van der Waals surface area (Å²) in [6.45, 7) is 6.96. The zero-order valence-electron chi connectivity index (χ0n) is 12.6. The van der Waals surface area contributed by atoms with Crippen molar-refractivity contribution in [3.8, 4) is 0 Å². The van der Waals surface area contributed by atoms with Gasteiger partial charge in [-0.1, -0.05) is 27.2 Å². The van der Waals surface area contributed by atoms with E-state index in [0.717, 1.165) is 43.9 Å². The second kappa shape index (κ2) is 6.35. The van der Waals surface area contributed by atoms with Gasteiger partial charge in [0.25, 0.3) is 0 Å². The first kappa shape index (κ1) is 15.0. The van der Waals surface area contributed by atoms with Crippen LogP contribution < -0.4 is 11.1 Å². The van der Waals surface area contributed by atoms with Crippen molar-refractivity contribution < 1.29 is 4.79 Å². The molecule has 0 aliphatic carbocycles. The molecule has 20 heavy (non-hydrogen) atoms. The van der Waals surface area contributed by atoms with Crippen LogP contribution in [0.5, 0.6) is 0 Å². The highest BCUT2D eigenvalue weighted by Crippen LogP contribution is 2.23. The van der Waals surface area contributed by atoms with Gasteiger partial charge in [0.1, 0.15) is 5.82 Å². The van der Waals surface area contributed by atoms with Crippen molar-refractivity contribution in [2.24, 2.45) is 11.7 Å². The zero-order valence-corrected chi connectivity index (χ0v) is 12.6. The molecule has 3 unspecified atom stereocenters. The number of aromatic nitrogens is 3. The molecule has 0 saturated heterocycles. The van der Waals surface area contributed by atoms with Crippen LogP contribution in [-0.4, -0.2) is 26.7 Å². The van der Waals surface area contributed by atoms with E-state index in [1.54, 1.807) is 0 Å². The van der Waals surface area contributed by atoms with Gasteiger partial charge in [-0.3, -0.25) is 4.79 Å². The number of amides is 1. The maximum atomic E-state index is 12.2. The summed E-state index contributed by atoms with van der Waals surface area (Å²) in [4.78, 5) is 16.7. The highest BCUT2D eigenvalue weighted by atomic mass is 16.2. The largest absolute Gasteiger partial charge is 0.345 e. The lowest BCUT2D eigenvalue weighted by atomic mass is 9.98. The Morgan fingerprint density at radius 1 is 1.55 bits per heavy atom. The summed E-state index contributed by atoms with van der Waals surface area (Å²) in [5.74, 6) is 1.81. The molecule has 3 atom stereocenters. The van der Waals surface area contributed by atoms with Crippen molar-refractivity contribution in [3.63, 3.8) is 0 Å². The van der Waals surface area contributed by atoms with Gasteiger partial charge in [0, 0.05) is 13.0 Å². The molecule has 0 fully saturated rings. The Balaban J connectivity index is 2.08. The molecule has 0 bridgehead atoms. The first-order valence-electron chi connectivity index (χ1n) is 7.56. The van der Waals surface area contributed by atoms with Crippen molar-refractivity contribution >= 4 is 5.91 Å². The standard InChI is InChI=1S/C14H25N5O/c1-4-9(3)12(15)14(20)16-10-7-6-8-19-13(10)17-11(5-2)18-19/h9-10,12H,4-8,15H2,1-3H3,(H,16,20). The van der Waals surface area contributed by atoms with Gasteiger partial charge < -0.3 is 11.1 Å². The number of nitrogens with one attached hydrogen (secondary N) is 1. The van der Waals surface area contributed by atoms with Gasteiger partial charge in [-0.15, -0.1) is 0 Å². The molecule has 1 amide bonds. The maximum Gasteiger partial charge on any atom is 0.237 e. The fraction of sp³-hybridized carbons (Fsp3) is 0.786. The normalized spacial score (nSPS) is 21.1. The van der Waals surface area contributed by atoms with E-state index in [2.05, 4.69) is 15.4 Å². The third-order valence-electron chi connectivity index (χ3n) is 4.11. The van der Waals surface area contributed by atoms with Crippen LogP contribution in [0.1, 0.15) is 57.7 Å². The number of rotatable bonds is 5. The summed E-state index contributed by atoms with van der Waals surface area (Å²) >= 11 is 0. The minimum absolute atomic E-state index is 0.0563. The lowest BCUT2D eigenvalue weighted by molar-refractivity contribution is -0.124. The fourth-order valence-corrected chi connectivity index (χ4v) is 2.47. The van der Waals surface area contributed by atoms with E-state index < -0.39 is 6.04 Å². The summed E-state index contributed by atoms with van der Waals surface area (Å²) < 4.78 is 1.92. The summed E-state index contributed by atoms with van der Waals surface area (Å²) in [6.07, 6.45) is 3.62. The molecule has 1 aliphatic heterocycles. The molecule has 6 heteroatoms. The van der Waals surface area contributed by atoms with E-state index in [-0.39, 0.29) is 17.9 Å². The zero-order chi connectivity index (χ0) is 14.7. The molecule has 6 nitrogen and oxygen atoms in total. The number of nitrogens with zero attached hydrogens (tertiary/aromatic N) is 3. The molecule has 1 aromatic heterocycles. The average Bonchev–Trinajstić information content (AvgIpc) is 2.89. The minimum Gasteiger partial charge on any atom is -0.345 e. The number of aryl methyl sites for hydroxylation is 2. The van der Waals surface area contributed by atoms with Crippen molar-refractivity contribution in [1.82, 2.24) is 20.1 Å². The van der Waals surface area contributed by atoms with Crippen LogP contribution in [0.3, 0.4) is 0 Å². The summed E-state index contributed by atoms with van der Waals surface area (Å²) in [5, 5.41) is 7.49. The lowest BCUT2D eigenvalue weighted by Crippen LogP contribution is -2.46. The van der Waals surface area contributed by atoms with Crippen LogP contribution in [-0.2, 0) is 17.8 Å². The van der Waals surface area contributed by atoms with E-state index in [1.165, 1.54) is 0 Å². The van der Waals surface area contributed by atoms with E-state index in [4.69, 9.17) is 5.73 Å². The number of nitrogens with two attached hydrogens (primary N) is 1. The highest BCUT2D eigenvalue weighted by Gasteiger charge is 2.28. The second-order valence-corrected chi connectivity index (χ2v) is 5.58. The molecule has 0 aromatic carbocycles. The Labute approximate surface area is 120 Å². The fourth-order valence-electron chi connectivity index (χ4n) is 2.47. The number of hydrogen-bond donors (Lipinski definition) is 2. The molecule has 1 aromatic rings. The van der Waals surface area contributed by atoms with Crippen molar-refractivity contribution in [2.45, 2.75) is 65.1 Å². The maximum absolute atomic E-state index is 12.2. The minimum atomic E-state index is -0.455. The molecular weight excluding hydrogens is 254 g/mol. The van der Waals surface area contributed by atoms with Crippen LogP contribution in [0.4, 0.5) is 0 Å². The molecule has 0 radical (unpaired) electrons. The van der Waals surface area contributed by atoms with Crippen molar-refractivity contribution in [1.29, 1.82) is 0 Å². The monoisotopic (exact) mass is 279 g/mol. The number of carbonyl (C=O) groups is 1. The van der Waals surface area contributed by atoms with Crippen LogP contribution in [0.25, 0.3) is 0 Å². The number of carbonyl (C=O) groups excluding carboxylic acids is 1. The van der Waals surface area contributed by atoms with Gasteiger partial charge in [0.2, 0.25) is 5.91 Å². The number of fused-ring (bicyclic) bond motifs is 1. The van der Waals surface area contributed by atoms with Crippen molar-refractivity contribution in [3.05, 3.63) is 11.6 Å². The summed E-state index contributed by atoms with van der Waals surface area (Å²) in [7, 11) is 0. The third-order valence-corrected chi connectivity index (χ3v) is 4.11. The van der Waals surface area contributed by atoms with Gasteiger partial charge in [-0.05, 0) is 18.8 Å². The van der Waals surface area contributed by atoms with E-state index in [1.807, 2.05) is 25.5 Å². The van der Waals surface area contributed by atoms with E-state index >= 15 is 0 Å². The lowest BCUT2D eigenvalue weighted by Gasteiger charge is -2.26. The second-order valence-electron chi connectivity index (χ2n) is 5.58. The molecule has 2 heterocycles. The Kier molecular flexibility index (Phi) is 4.75. The molecule has 112 valence electrons. The Morgan fingerprint density at radius 3 is 2.95 bits per heavy atom. The molecular formula is C14H25N5O. The van der Waals surface area contributed by atoms with Crippen molar-refractivity contribution in [2.75, 3.05) is 0 Å². The van der Waals surface area contributed by atoms with Gasteiger partial charge >= 0.3 is 0 Å². The number of hydrogen-bond acceptors (Lipinski definition) is 4. The van der Waals surface area contributed by atoms with Crippen LogP contribution in [0.2, 0.25) is 0 Å². The average molecular weight is 279 g/mol. The summed E-state index contributed by atoms with van der Waals surface area (Å²) in [6, 6.07) is -0.511. The Morgan fingerprint density at radius 2 is 2.30 bits per heavy atom. The molecule has 3 N–H and O–H groups in total. The van der Waals surface area contributed by atoms with Gasteiger partial charge in [-0.2, -0.15) is 5.10 Å². The van der Waals surface area contributed by atoms with Gasteiger partial charge in [-0.25, -0.2) is 9.67 Å². The quantitative estimate of drug-likeness (QED) is 0.847. The highest BCUT2D eigenvalue weighted by molar-refractivity contribution is 5.82. The van der Waals surface area contributed by atoms with E-state index in [9.17, 15) is 4.79 Å². The first-order valence-corrected chi connectivity index (χ1v) is 7.56. The van der Waals surface area contributed by atoms with E-state index in [0.29, 0.717) is 0 Å². The smallest absolute Gasteiger partial charge is 0.237 e. The Bertz CT molecular complexity index is 470. The first-order chi connectivity index (χ1) is 9.56. The summed E-state index contributed by atoms with van der Waals surface area (Å²) in [5.41, 5.74) is 5.98. The predicted octanol–water partition coefficient (Wildman–Crippen LogP) is 1.17. The topological polar surface area (TPSA) is 85.8 Å².